The van der Waals surface area contributed by atoms with Gasteiger partial charge in [-0.3, -0.25) is 0 Å². The van der Waals surface area contributed by atoms with Crippen molar-refractivity contribution in [2.24, 2.45) is 0 Å². The molecule has 6 nitrogen and oxygen atoms in total. The van der Waals surface area contributed by atoms with Gasteiger partial charge in [-0.1, -0.05) is 6.07 Å². The zero-order chi connectivity index (χ0) is 16.4. The quantitative estimate of drug-likeness (QED) is 0.655. The number of rotatable bonds is 4. The van der Waals surface area contributed by atoms with Crippen molar-refractivity contribution in [3.63, 3.8) is 0 Å². The maximum absolute atomic E-state index is 12.4. The van der Waals surface area contributed by atoms with Crippen LogP contribution in [0.2, 0.25) is 0 Å². The molecule has 0 aliphatic heterocycles. The van der Waals surface area contributed by atoms with Gasteiger partial charge in [0.1, 0.15) is 17.9 Å². The molecule has 2 aromatic heterocycles. The minimum Gasteiger partial charge on any atom is -0.496 e. The third-order valence-corrected chi connectivity index (χ3v) is 3.98. The van der Waals surface area contributed by atoms with Crippen LogP contribution in [-0.4, -0.2) is 27.7 Å². The second-order valence-electron chi connectivity index (χ2n) is 4.89. The lowest BCUT2D eigenvalue weighted by Gasteiger charge is -2.07. The van der Waals surface area contributed by atoms with Gasteiger partial charge in [-0.2, -0.15) is 5.10 Å². The summed E-state index contributed by atoms with van der Waals surface area (Å²) < 4.78 is 12.9. The molecule has 0 saturated carbocycles. The number of esters is 1. The molecule has 0 spiro atoms. The Balaban J connectivity index is 1.79. The lowest BCUT2D eigenvalue weighted by molar-refractivity contribution is 0.0474. The number of fused-ring (bicyclic) bond motifs is 1. The topological polar surface area (TPSA) is 65.7 Å². The minimum absolute atomic E-state index is 0.158. The molecule has 0 aliphatic carbocycles. The zero-order valence-electron chi connectivity index (χ0n) is 12.6. The molecule has 23 heavy (non-hydrogen) atoms. The van der Waals surface area contributed by atoms with Crippen LogP contribution in [0.3, 0.4) is 0 Å². The highest BCUT2D eigenvalue weighted by atomic mass is 79.9. The molecule has 0 fully saturated rings. The largest absolute Gasteiger partial charge is 0.496 e. The number of nitrogens with zero attached hydrogens (tertiary/aromatic N) is 3. The molecule has 0 bridgehead atoms. The molecule has 0 unspecified atom stereocenters. The fraction of sp³-hybridized carbons (Fsp3) is 0.188. The lowest BCUT2D eigenvalue weighted by Crippen LogP contribution is -2.07. The van der Waals surface area contributed by atoms with E-state index < -0.39 is 5.97 Å². The summed E-state index contributed by atoms with van der Waals surface area (Å²) in [5, 5.41) is 4.26. The van der Waals surface area contributed by atoms with Gasteiger partial charge in [-0.25, -0.2) is 14.3 Å². The second kappa shape index (κ2) is 6.37. The number of carbonyl (C=O) groups is 1. The van der Waals surface area contributed by atoms with Crippen molar-refractivity contribution in [1.29, 1.82) is 0 Å². The Hall–Kier alpha value is -2.41. The highest BCUT2D eigenvalue weighted by molar-refractivity contribution is 9.10. The summed E-state index contributed by atoms with van der Waals surface area (Å²) in [5.41, 5.74) is 2.32. The van der Waals surface area contributed by atoms with E-state index in [4.69, 9.17) is 9.47 Å². The van der Waals surface area contributed by atoms with Gasteiger partial charge in [-0.05, 0) is 46.6 Å². The molecule has 2 heterocycles. The fourth-order valence-corrected chi connectivity index (χ4v) is 2.84. The highest BCUT2D eigenvalue weighted by Crippen LogP contribution is 2.26. The van der Waals surface area contributed by atoms with E-state index >= 15 is 0 Å². The number of halogens is 1. The number of ether oxygens (including phenoxy) is 2. The molecule has 7 heteroatoms. The predicted octanol–water partition coefficient (Wildman–Crippen LogP) is 3.17. The van der Waals surface area contributed by atoms with Gasteiger partial charge < -0.3 is 9.47 Å². The fourth-order valence-electron chi connectivity index (χ4n) is 2.26. The molecule has 0 atom stereocenters. The second-order valence-corrected chi connectivity index (χ2v) is 5.75. The van der Waals surface area contributed by atoms with Crippen molar-refractivity contribution >= 4 is 27.5 Å². The summed E-state index contributed by atoms with van der Waals surface area (Å²) in [6.07, 6.45) is 3.36. The SMILES string of the molecule is COc1ccc(COC(=O)c2c(C)nn3cccnc23)cc1Br. The summed E-state index contributed by atoms with van der Waals surface area (Å²) in [7, 11) is 1.60. The number of carbonyl (C=O) groups excluding carboxylic acids is 1. The summed E-state index contributed by atoms with van der Waals surface area (Å²) in [4.78, 5) is 16.6. The molecule has 0 N–H and O–H groups in total. The Morgan fingerprint density at radius 2 is 2.22 bits per heavy atom. The molecular weight excluding hydrogens is 362 g/mol. The van der Waals surface area contributed by atoms with Crippen molar-refractivity contribution in [3.05, 3.63) is 58.0 Å². The van der Waals surface area contributed by atoms with Gasteiger partial charge in [0, 0.05) is 12.4 Å². The molecule has 0 saturated heterocycles. The van der Waals surface area contributed by atoms with Gasteiger partial charge in [0.2, 0.25) is 0 Å². The van der Waals surface area contributed by atoms with Crippen LogP contribution in [0.1, 0.15) is 21.6 Å². The van der Waals surface area contributed by atoms with Crippen LogP contribution in [0, 0.1) is 6.92 Å². The van der Waals surface area contributed by atoms with E-state index in [2.05, 4.69) is 26.0 Å². The van der Waals surface area contributed by atoms with Gasteiger partial charge >= 0.3 is 5.97 Å². The summed E-state index contributed by atoms with van der Waals surface area (Å²) >= 11 is 3.41. The standard InChI is InChI=1S/C16H14BrN3O3/c1-10-14(15-18-6-3-7-20(15)19-10)16(21)23-9-11-4-5-13(22-2)12(17)8-11/h3-8H,9H2,1-2H3. The molecule has 3 aromatic rings. The van der Waals surface area contributed by atoms with Crippen LogP contribution >= 0.6 is 15.9 Å². The van der Waals surface area contributed by atoms with Crippen LogP contribution in [0.15, 0.2) is 41.1 Å². The van der Waals surface area contributed by atoms with Crippen LogP contribution in [-0.2, 0) is 11.3 Å². The Morgan fingerprint density at radius 3 is 2.96 bits per heavy atom. The van der Waals surface area contributed by atoms with E-state index in [1.54, 1.807) is 37.0 Å². The van der Waals surface area contributed by atoms with Crippen LogP contribution < -0.4 is 4.74 Å². The molecular formula is C16H14BrN3O3. The van der Waals surface area contributed by atoms with Gasteiger partial charge in [0.25, 0.3) is 0 Å². The molecule has 1 aromatic carbocycles. The third kappa shape index (κ3) is 3.05. The maximum atomic E-state index is 12.4. The smallest absolute Gasteiger partial charge is 0.344 e. The summed E-state index contributed by atoms with van der Waals surface area (Å²) in [6, 6.07) is 7.27. The number of aryl methyl sites for hydroxylation is 1. The number of aromatic nitrogens is 3. The molecule has 0 amide bonds. The van der Waals surface area contributed by atoms with Gasteiger partial charge in [0.15, 0.2) is 5.65 Å². The van der Waals surface area contributed by atoms with E-state index in [0.29, 0.717) is 16.9 Å². The van der Waals surface area contributed by atoms with Crippen LogP contribution in [0.25, 0.3) is 5.65 Å². The molecule has 0 radical (unpaired) electrons. The molecule has 118 valence electrons. The minimum atomic E-state index is -0.442. The number of hydrogen-bond acceptors (Lipinski definition) is 5. The van der Waals surface area contributed by atoms with E-state index in [-0.39, 0.29) is 6.61 Å². The van der Waals surface area contributed by atoms with Crippen molar-refractivity contribution < 1.29 is 14.3 Å². The van der Waals surface area contributed by atoms with Crippen LogP contribution in [0.4, 0.5) is 0 Å². The van der Waals surface area contributed by atoms with Crippen molar-refractivity contribution in [1.82, 2.24) is 14.6 Å². The van der Waals surface area contributed by atoms with Crippen molar-refractivity contribution in [2.45, 2.75) is 13.5 Å². The third-order valence-electron chi connectivity index (χ3n) is 3.36. The predicted molar refractivity (Wildman–Crippen MR) is 87.5 cm³/mol. The Bertz CT molecular complexity index is 876. The number of benzene rings is 1. The monoisotopic (exact) mass is 375 g/mol. The number of methoxy groups -OCH3 is 1. The average Bonchev–Trinajstić information content (AvgIpc) is 2.88. The van der Waals surface area contributed by atoms with Crippen LogP contribution in [0.5, 0.6) is 5.75 Å². The highest BCUT2D eigenvalue weighted by Gasteiger charge is 2.19. The number of hydrogen-bond donors (Lipinski definition) is 0. The van der Waals surface area contributed by atoms with E-state index in [0.717, 1.165) is 15.8 Å². The first kappa shape index (κ1) is 15.5. The molecule has 0 aliphatic rings. The average molecular weight is 376 g/mol. The van der Waals surface area contributed by atoms with Gasteiger partial charge in [0.05, 0.1) is 17.3 Å². The van der Waals surface area contributed by atoms with Crippen molar-refractivity contribution in [2.75, 3.05) is 7.11 Å². The zero-order valence-corrected chi connectivity index (χ0v) is 14.2. The Labute approximate surface area is 141 Å². The maximum Gasteiger partial charge on any atom is 0.344 e. The van der Waals surface area contributed by atoms with Gasteiger partial charge in [-0.15, -0.1) is 0 Å². The van der Waals surface area contributed by atoms with E-state index in [1.807, 2.05) is 18.2 Å². The summed E-state index contributed by atoms with van der Waals surface area (Å²) in [6.45, 7) is 1.92. The molecule has 3 rings (SSSR count). The summed E-state index contributed by atoms with van der Waals surface area (Å²) in [5.74, 6) is 0.283. The van der Waals surface area contributed by atoms with E-state index in [1.165, 1.54) is 0 Å². The Kier molecular flexibility index (Phi) is 4.29. The lowest BCUT2D eigenvalue weighted by atomic mass is 10.2. The normalized spacial score (nSPS) is 10.7. The first-order valence-corrected chi connectivity index (χ1v) is 7.69. The Morgan fingerprint density at radius 1 is 1.39 bits per heavy atom. The van der Waals surface area contributed by atoms with E-state index in [9.17, 15) is 4.79 Å². The first-order valence-electron chi connectivity index (χ1n) is 6.89. The van der Waals surface area contributed by atoms with Crippen molar-refractivity contribution in [3.8, 4) is 5.75 Å². The first-order chi connectivity index (χ1) is 11.1.